The first-order valence-corrected chi connectivity index (χ1v) is 10.6. The molecule has 0 aromatic carbocycles. The average molecular weight is 346 g/mol. The van der Waals surface area contributed by atoms with Gasteiger partial charge in [-0.15, -0.1) is 0 Å². The van der Waals surface area contributed by atoms with E-state index in [-0.39, 0.29) is 5.92 Å². The molecule has 1 saturated heterocycles. The summed E-state index contributed by atoms with van der Waals surface area (Å²) >= 11 is 0. The monoisotopic (exact) mass is 346 g/mol. The minimum absolute atomic E-state index is 0.0165. The van der Waals surface area contributed by atoms with Crippen molar-refractivity contribution >= 4 is 10.1 Å². The maximum absolute atomic E-state index is 12.7. The Balaban J connectivity index is 2.07. The van der Waals surface area contributed by atoms with Crippen LogP contribution in [0.4, 0.5) is 0 Å². The summed E-state index contributed by atoms with van der Waals surface area (Å²) in [6, 6.07) is 0. The van der Waals surface area contributed by atoms with Gasteiger partial charge >= 0.3 is 0 Å². The molecule has 1 atom stereocenters. The molecule has 3 rings (SSSR count). The average Bonchev–Trinajstić information content (AvgIpc) is 3.09. The van der Waals surface area contributed by atoms with Crippen molar-refractivity contribution in [2.45, 2.75) is 82.2 Å². The van der Waals surface area contributed by atoms with Crippen molar-refractivity contribution in [3.63, 3.8) is 0 Å². The molecule has 0 amide bonds. The smallest absolute Gasteiger partial charge is 0.271 e. The molecule has 5 nitrogen and oxygen atoms in total. The normalized spacial score (nSPS) is 30.2. The highest BCUT2D eigenvalue weighted by Gasteiger charge is 2.64. The molecule has 1 heterocycles. The maximum Gasteiger partial charge on any atom is 0.271 e. The van der Waals surface area contributed by atoms with Crippen molar-refractivity contribution in [1.29, 1.82) is 0 Å². The third-order valence-corrected chi connectivity index (χ3v) is 8.54. The summed E-state index contributed by atoms with van der Waals surface area (Å²) in [7, 11) is -4.22. The highest BCUT2D eigenvalue weighted by Crippen LogP contribution is 2.58. The van der Waals surface area contributed by atoms with Crippen LogP contribution in [0.2, 0.25) is 0 Å². The van der Waals surface area contributed by atoms with Crippen LogP contribution in [0, 0.1) is 11.3 Å². The van der Waals surface area contributed by atoms with E-state index < -0.39 is 26.6 Å². The first-order valence-electron chi connectivity index (χ1n) is 9.12. The summed E-state index contributed by atoms with van der Waals surface area (Å²) in [5.74, 6) is -0.0165. The predicted molar refractivity (Wildman–Crippen MR) is 87.7 cm³/mol. The van der Waals surface area contributed by atoms with Gasteiger partial charge in [-0.3, -0.25) is 4.55 Å². The summed E-state index contributed by atoms with van der Waals surface area (Å²) < 4.78 is 46.1. The van der Waals surface area contributed by atoms with E-state index in [0.29, 0.717) is 13.2 Å². The van der Waals surface area contributed by atoms with Gasteiger partial charge in [-0.2, -0.15) is 8.42 Å². The first-order chi connectivity index (χ1) is 10.9. The molecule has 1 aliphatic heterocycles. The predicted octanol–water partition coefficient (Wildman–Crippen LogP) is 3.54. The van der Waals surface area contributed by atoms with E-state index in [1.54, 1.807) is 6.92 Å². The van der Waals surface area contributed by atoms with E-state index >= 15 is 0 Å². The molecule has 0 radical (unpaired) electrons. The van der Waals surface area contributed by atoms with Crippen LogP contribution in [0.25, 0.3) is 0 Å². The van der Waals surface area contributed by atoms with E-state index in [9.17, 15) is 13.0 Å². The van der Waals surface area contributed by atoms with Crippen LogP contribution < -0.4 is 0 Å². The quantitative estimate of drug-likeness (QED) is 0.788. The summed E-state index contributed by atoms with van der Waals surface area (Å²) in [6.45, 7) is 2.80. The summed E-state index contributed by atoms with van der Waals surface area (Å²) in [4.78, 5) is 0. The molecule has 0 spiro atoms. The number of ether oxygens (including phenoxy) is 2. The Bertz CT molecular complexity index is 499. The van der Waals surface area contributed by atoms with Crippen LogP contribution in [0.5, 0.6) is 0 Å². The van der Waals surface area contributed by atoms with E-state index in [2.05, 4.69) is 0 Å². The zero-order valence-electron chi connectivity index (χ0n) is 14.1. The maximum atomic E-state index is 12.7. The molecule has 1 N–H and O–H groups in total. The molecule has 2 saturated carbocycles. The van der Waals surface area contributed by atoms with Crippen molar-refractivity contribution in [3.05, 3.63) is 0 Å². The highest BCUT2D eigenvalue weighted by molar-refractivity contribution is 7.87. The zero-order chi connectivity index (χ0) is 16.6. The lowest BCUT2D eigenvalue weighted by Gasteiger charge is -2.54. The molecule has 0 aromatic heterocycles. The molecule has 0 aromatic rings. The van der Waals surface area contributed by atoms with Crippen molar-refractivity contribution in [1.82, 2.24) is 0 Å². The second-order valence-electron chi connectivity index (χ2n) is 7.71. The van der Waals surface area contributed by atoms with Gasteiger partial charge in [0, 0.05) is 5.41 Å². The molecule has 0 bridgehead atoms. The largest absolute Gasteiger partial charge is 0.350 e. The Kier molecular flexibility index (Phi) is 5.08. The number of hydrogen-bond acceptors (Lipinski definition) is 4. The minimum atomic E-state index is -4.22. The summed E-state index contributed by atoms with van der Waals surface area (Å²) in [5, 5.41) is 0. The van der Waals surface area contributed by atoms with Gasteiger partial charge in [0.05, 0.1) is 13.2 Å². The van der Waals surface area contributed by atoms with Gasteiger partial charge in [-0.1, -0.05) is 38.5 Å². The topological polar surface area (TPSA) is 72.8 Å². The van der Waals surface area contributed by atoms with Gasteiger partial charge in [0.1, 0.15) is 4.75 Å². The Morgan fingerprint density at radius 3 is 2.00 bits per heavy atom. The molecular formula is C17H30O5S. The van der Waals surface area contributed by atoms with Gasteiger partial charge in [-0.25, -0.2) is 0 Å². The molecule has 3 aliphatic rings. The Morgan fingerprint density at radius 2 is 1.48 bits per heavy atom. The van der Waals surface area contributed by atoms with Gasteiger partial charge in [-0.05, 0) is 38.5 Å². The van der Waals surface area contributed by atoms with E-state index in [1.165, 1.54) is 0 Å². The van der Waals surface area contributed by atoms with Gasteiger partial charge in [0.2, 0.25) is 0 Å². The fourth-order valence-electron chi connectivity index (χ4n) is 5.35. The molecule has 2 aliphatic carbocycles. The van der Waals surface area contributed by atoms with Crippen LogP contribution in [0.1, 0.15) is 71.1 Å². The first kappa shape index (κ1) is 17.6. The SMILES string of the molecule is CC(C1CCCCC1)(C1(C2OCCO2)CCCCC1)S(=O)(=O)O. The Labute approximate surface area is 139 Å². The minimum Gasteiger partial charge on any atom is -0.350 e. The number of hydrogen-bond donors (Lipinski definition) is 1. The molecule has 6 heteroatoms. The molecule has 134 valence electrons. The summed E-state index contributed by atoms with van der Waals surface area (Å²) in [6.07, 6.45) is 9.03. The second-order valence-corrected chi connectivity index (χ2v) is 9.51. The lowest BCUT2D eigenvalue weighted by Crippen LogP contribution is -2.62. The van der Waals surface area contributed by atoms with Crippen molar-refractivity contribution in [2.24, 2.45) is 11.3 Å². The third kappa shape index (κ3) is 2.86. The third-order valence-electron chi connectivity index (χ3n) is 6.73. The zero-order valence-corrected chi connectivity index (χ0v) is 14.9. The number of rotatable bonds is 4. The van der Waals surface area contributed by atoms with Gasteiger partial charge in [0.25, 0.3) is 10.1 Å². The van der Waals surface area contributed by atoms with Gasteiger partial charge in [0.15, 0.2) is 6.29 Å². The highest BCUT2D eigenvalue weighted by atomic mass is 32.2. The van der Waals surface area contributed by atoms with Crippen molar-refractivity contribution in [2.75, 3.05) is 13.2 Å². The fraction of sp³-hybridized carbons (Fsp3) is 1.00. The van der Waals surface area contributed by atoms with Crippen LogP contribution >= 0.6 is 0 Å². The lowest BCUT2D eigenvalue weighted by molar-refractivity contribution is -0.170. The van der Waals surface area contributed by atoms with Crippen molar-refractivity contribution in [3.8, 4) is 0 Å². The van der Waals surface area contributed by atoms with Crippen LogP contribution in [0.3, 0.4) is 0 Å². The second kappa shape index (κ2) is 6.62. The van der Waals surface area contributed by atoms with Crippen LogP contribution in [-0.4, -0.2) is 37.2 Å². The Hall–Kier alpha value is -0.170. The Morgan fingerprint density at radius 1 is 0.957 bits per heavy atom. The standard InChI is InChI=1S/C17H30O5S/c1-16(23(18,19)20,14-8-4-2-5-9-14)17(10-6-3-7-11-17)15-21-12-13-22-15/h14-15H,2-13H2,1H3,(H,18,19,20). The molecule has 3 fully saturated rings. The van der Waals surface area contributed by atoms with Crippen LogP contribution in [0.15, 0.2) is 0 Å². The van der Waals surface area contributed by atoms with E-state index in [0.717, 1.165) is 64.2 Å². The molecule has 1 unspecified atom stereocenters. The summed E-state index contributed by atoms with van der Waals surface area (Å²) in [5.41, 5.74) is -0.628. The molecular weight excluding hydrogens is 316 g/mol. The molecule has 23 heavy (non-hydrogen) atoms. The van der Waals surface area contributed by atoms with Gasteiger partial charge < -0.3 is 9.47 Å². The van der Waals surface area contributed by atoms with E-state index in [1.807, 2.05) is 0 Å². The fourth-order valence-corrected chi connectivity index (χ4v) is 6.82. The lowest BCUT2D eigenvalue weighted by atomic mass is 9.59. The van der Waals surface area contributed by atoms with E-state index in [4.69, 9.17) is 9.47 Å². The van der Waals surface area contributed by atoms with Crippen LogP contribution in [-0.2, 0) is 19.6 Å². The van der Waals surface area contributed by atoms with Crippen molar-refractivity contribution < 1.29 is 22.4 Å².